The first kappa shape index (κ1) is 19.2. The van der Waals surface area contributed by atoms with Crippen molar-refractivity contribution in [1.29, 1.82) is 0 Å². The van der Waals surface area contributed by atoms with Gasteiger partial charge in [0, 0.05) is 43.1 Å². The maximum absolute atomic E-state index is 12.8. The zero-order valence-corrected chi connectivity index (χ0v) is 17.0. The fraction of sp³-hybridized carbons (Fsp3) is 0.632. The standard InChI is InChI=1S/C19H27N3O3S2/c23-18(21-14-19(6-7-19)15-4-2-1-3-5-15)17-12-16(13-20-17)27(24,25)22-8-10-26-11-9-22/h1-5,16-17,20H,6-14H2,(H,21,23). The van der Waals surface area contributed by atoms with Gasteiger partial charge >= 0.3 is 0 Å². The van der Waals surface area contributed by atoms with E-state index >= 15 is 0 Å². The Bertz CT molecular complexity index is 775. The Morgan fingerprint density at radius 2 is 1.93 bits per heavy atom. The van der Waals surface area contributed by atoms with E-state index < -0.39 is 21.3 Å². The molecule has 6 nitrogen and oxygen atoms in total. The van der Waals surface area contributed by atoms with Gasteiger partial charge in [-0.1, -0.05) is 30.3 Å². The molecule has 1 saturated carbocycles. The third-order valence-electron chi connectivity index (χ3n) is 6.00. The van der Waals surface area contributed by atoms with Crippen LogP contribution in [-0.4, -0.2) is 67.6 Å². The van der Waals surface area contributed by atoms with E-state index in [9.17, 15) is 13.2 Å². The monoisotopic (exact) mass is 409 g/mol. The lowest BCUT2D eigenvalue weighted by molar-refractivity contribution is -0.122. The van der Waals surface area contributed by atoms with Crippen molar-refractivity contribution in [2.75, 3.05) is 37.7 Å². The van der Waals surface area contributed by atoms with E-state index in [1.807, 2.05) is 18.2 Å². The van der Waals surface area contributed by atoms with Crippen LogP contribution in [0.2, 0.25) is 0 Å². The average Bonchev–Trinajstić information content (AvgIpc) is 3.33. The van der Waals surface area contributed by atoms with Crippen LogP contribution >= 0.6 is 11.8 Å². The molecule has 3 fully saturated rings. The first-order valence-corrected chi connectivity index (χ1v) is 12.3. The van der Waals surface area contributed by atoms with E-state index in [1.165, 1.54) is 5.56 Å². The summed E-state index contributed by atoms with van der Waals surface area (Å²) in [6.45, 7) is 2.14. The number of rotatable bonds is 6. The number of nitrogens with zero attached hydrogens (tertiary/aromatic N) is 1. The largest absolute Gasteiger partial charge is 0.354 e. The minimum absolute atomic E-state index is 0.0620. The van der Waals surface area contributed by atoms with Gasteiger partial charge in [-0.3, -0.25) is 4.79 Å². The highest BCUT2D eigenvalue weighted by atomic mass is 32.2. The lowest BCUT2D eigenvalue weighted by Gasteiger charge is -2.28. The van der Waals surface area contributed by atoms with Gasteiger partial charge in [-0.2, -0.15) is 16.1 Å². The molecule has 2 heterocycles. The molecule has 2 aliphatic heterocycles. The Hall–Kier alpha value is -1.09. The van der Waals surface area contributed by atoms with Gasteiger partial charge in [0.2, 0.25) is 15.9 Å². The molecule has 2 atom stereocenters. The highest BCUT2D eigenvalue weighted by molar-refractivity contribution is 7.99. The Kier molecular flexibility index (Phi) is 5.51. The van der Waals surface area contributed by atoms with Crippen LogP contribution < -0.4 is 10.6 Å². The first-order valence-electron chi connectivity index (χ1n) is 9.65. The molecule has 148 valence electrons. The lowest BCUT2D eigenvalue weighted by atomic mass is 9.96. The summed E-state index contributed by atoms with van der Waals surface area (Å²) in [5.41, 5.74) is 1.33. The average molecular weight is 410 g/mol. The fourth-order valence-corrected chi connectivity index (χ4v) is 7.02. The van der Waals surface area contributed by atoms with Crippen LogP contribution in [0.5, 0.6) is 0 Å². The normalized spacial score (nSPS) is 28.0. The van der Waals surface area contributed by atoms with Crippen molar-refractivity contribution < 1.29 is 13.2 Å². The molecule has 4 rings (SSSR count). The van der Waals surface area contributed by atoms with Crippen LogP contribution in [0.15, 0.2) is 30.3 Å². The van der Waals surface area contributed by atoms with Gasteiger partial charge in [-0.15, -0.1) is 0 Å². The molecule has 2 N–H and O–H groups in total. The van der Waals surface area contributed by atoms with Gasteiger partial charge in [-0.25, -0.2) is 8.42 Å². The molecule has 2 unspecified atom stereocenters. The zero-order chi connectivity index (χ0) is 18.9. The summed E-state index contributed by atoms with van der Waals surface area (Å²) in [4.78, 5) is 12.6. The molecule has 0 bridgehead atoms. The molecule has 2 saturated heterocycles. The molecule has 27 heavy (non-hydrogen) atoms. The molecule has 0 spiro atoms. The van der Waals surface area contributed by atoms with E-state index in [-0.39, 0.29) is 11.3 Å². The molecule has 1 aromatic carbocycles. The predicted octanol–water partition coefficient (Wildman–Crippen LogP) is 0.943. The second-order valence-electron chi connectivity index (χ2n) is 7.74. The number of carbonyl (C=O) groups excluding carboxylic acids is 1. The lowest BCUT2D eigenvalue weighted by Crippen LogP contribution is -2.44. The van der Waals surface area contributed by atoms with Gasteiger partial charge in [0.25, 0.3) is 0 Å². The van der Waals surface area contributed by atoms with Gasteiger partial charge in [0.05, 0.1) is 11.3 Å². The van der Waals surface area contributed by atoms with E-state index in [1.54, 1.807) is 16.1 Å². The number of sulfonamides is 1. The van der Waals surface area contributed by atoms with E-state index in [0.717, 1.165) is 24.3 Å². The first-order chi connectivity index (χ1) is 13.0. The van der Waals surface area contributed by atoms with Gasteiger partial charge < -0.3 is 10.6 Å². The van der Waals surface area contributed by atoms with Crippen molar-refractivity contribution in [3.05, 3.63) is 35.9 Å². The third kappa shape index (κ3) is 4.04. The fourth-order valence-electron chi connectivity index (χ4n) is 4.03. The Morgan fingerprint density at radius 1 is 1.22 bits per heavy atom. The minimum Gasteiger partial charge on any atom is -0.354 e. The molecule has 1 aromatic rings. The number of nitrogens with one attached hydrogen (secondary N) is 2. The summed E-state index contributed by atoms with van der Waals surface area (Å²) in [6.07, 6.45) is 2.52. The molecule has 0 aromatic heterocycles. The van der Waals surface area contributed by atoms with Crippen LogP contribution in [0.1, 0.15) is 24.8 Å². The number of benzene rings is 1. The number of amides is 1. The summed E-state index contributed by atoms with van der Waals surface area (Å²) >= 11 is 1.79. The van der Waals surface area contributed by atoms with Crippen molar-refractivity contribution >= 4 is 27.7 Å². The van der Waals surface area contributed by atoms with E-state index in [2.05, 4.69) is 22.8 Å². The minimum atomic E-state index is -3.32. The number of thioether (sulfide) groups is 1. The van der Waals surface area contributed by atoms with Crippen molar-refractivity contribution in [3.8, 4) is 0 Å². The SMILES string of the molecule is O=C(NCC1(c2ccccc2)CC1)C1CC(S(=O)(=O)N2CCSCC2)CN1. The van der Waals surface area contributed by atoms with Crippen LogP contribution in [0, 0.1) is 0 Å². The summed E-state index contributed by atoms with van der Waals surface area (Å²) in [5.74, 6) is 1.62. The number of carbonyl (C=O) groups is 1. The number of hydrogen-bond acceptors (Lipinski definition) is 5. The third-order valence-corrected chi connectivity index (χ3v) is 9.23. The summed E-state index contributed by atoms with van der Waals surface area (Å²) in [6, 6.07) is 9.88. The molecule has 3 aliphatic rings. The second kappa shape index (κ2) is 7.73. The Balaban J connectivity index is 1.32. The molecular formula is C19H27N3O3S2. The maximum Gasteiger partial charge on any atom is 0.237 e. The van der Waals surface area contributed by atoms with Gasteiger partial charge in [0.15, 0.2) is 0 Å². The van der Waals surface area contributed by atoms with Crippen LogP contribution in [0.25, 0.3) is 0 Å². The highest BCUT2D eigenvalue weighted by Gasteiger charge is 2.45. The molecular weight excluding hydrogens is 382 g/mol. The van der Waals surface area contributed by atoms with Crippen molar-refractivity contribution in [2.24, 2.45) is 0 Å². The van der Waals surface area contributed by atoms with Crippen molar-refractivity contribution in [3.63, 3.8) is 0 Å². The van der Waals surface area contributed by atoms with E-state index in [0.29, 0.717) is 32.6 Å². The zero-order valence-electron chi connectivity index (χ0n) is 15.4. The predicted molar refractivity (Wildman–Crippen MR) is 108 cm³/mol. The quantitative estimate of drug-likeness (QED) is 0.731. The highest BCUT2D eigenvalue weighted by Crippen LogP contribution is 2.47. The van der Waals surface area contributed by atoms with Crippen molar-refractivity contribution in [2.45, 2.75) is 36.0 Å². The topological polar surface area (TPSA) is 78.5 Å². The molecule has 1 aliphatic carbocycles. The van der Waals surface area contributed by atoms with Crippen LogP contribution in [0.3, 0.4) is 0 Å². The summed E-state index contributed by atoms with van der Waals surface area (Å²) in [5, 5.41) is 5.69. The van der Waals surface area contributed by atoms with Crippen molar-refractivity contribution in [1.82, 2.24) is 14.9 Å². The smallest absolute Gasteiger partial charge is 0.237 e. The van der Waals surface area contributed by atoms with Crippen LogP contribution in [-0.2, 0) is 20.2 Å². The van der Waals surface area contributed by atoms with E-state index in [4.69, 9.17) is 0 Å². The molecule has 8 heteroatoms. The number of hydrogen-bond donors (Lipinski definition) is 2. The summed E-state index contributed by atoms with van der Waals surface area (Å²) in [7, 11) is -3.32. The Morgan fingerprint density at radius 3 is 2.59 bits per heavy atom. The van der Waals surface area contributed by atoms with Gasteiger partial charge in [0.1, 0.15) is 0 Å². The molecule has 0 radical (unpaired) electrons. The Labute approximate surface area is 165 Å². The van der Waals surface area contributed by atoms with Crippen LogP contribution in [0.4, 0.5) is 0 Å². The second-order valence-corrected chi connectivity index (χ2v) is 11.2. The molecule has 1 amide bonds. The van der Waals surface area contributed by atoms with Gasteiger partial charge in [-0.05, 0) is 24.8 Å². The summed E-state index contributed by atoms with van der Waals surface area (Å²) < 4.78 is 27.2. The maximum atomic E-state index is 12.8.